The number of methoxy groups -OCH3 is 1. The zero-order valence-corrected chi connectivity index (χ0v) is 8.36. The summed E-state index contributed by atoms with van der Waals surface area (Å²) in [5, 5.41) is 18.0. The van der Waals surface area contributed by atoms with Crippen molar-refractivity contribution in [2.75, 3.05) is 7.11 Å². The first-order valence-corrected chi connectivity index (χ1v) is 4.46. The number of phenols is 1. The second kappa shape index (κ2) is 5.01. The van der Waals surface area contributed by atoms with Gasteiger partial charge in [-0.25, -0.2) is 0 Å². The van der Waals surface area contributed by atoms with Crippen molar-refractivity contribution in [2.24, 2.45) is 0 Å². The molecule has 1 rings (SSSR count). The van der Waals surface area contributed by atoms with Crippen LogP contribution in [-0.4, -0.2) is 18.0 Å². The summed E-state index contributed by atoms with van der Waals surface area (Å²) in [5.74, 6) is -0.159. The number of nitriles is 1. The van der Waals surface area contributed by atoms with Gasteiger partial charge in [0.05, 0.1) is 18.7 Å². The lowest BCUT2D eigenvalue weighted by molar-refractivity contribution is 0.0981. The average Bonchev–Trinajstić information content (AvgIpc) is 2.26. The molecule has 0 bridgehead atoms. The summed E-state index contributed by atoms with van der Waals surface area (Å²) < 4.78 is 4.87. The lowest BCUT2D eigenvalue weighted by atomic mass is 10.1. The number of para-hydroxylation sites is 1. The molecule has 0 atom stereocenters. The van der Waals surface area contributed by atoms with Gasteiger partial charge in [0.15, 0.2) is 17.3 Å². The molecular formula is C11H11NO3. The molecule has 0 heterocycles. The fraction of sp³-hybridized carbons (Fsp3) is 0.273. The number of nitrogens with zero attached hydrogens (tertiary/aromatic N) is 1. The van der Waals surface area contributed by atoms with Crippen molar-refractivity contribution in [1.82, 2.24) is 0 Å². The third-order valence-electron chi connectivity index (χ3n) is 1.98. The Balaban J connectivity index is 2.95. The number of ketones is 1. The van der Waals surface area contributed by atoms with Crippen molar-refractivity contribution in [3.05, 3.63) is 23.8 Å². The first kappa shape index (κ1) is 11.1. The molecule has 1 aromatic rings. The molecule has 0 saturated heterocycles. The Hall–Kier alpha value is -2.02. The predicted octanol–water partition coefficient (Wildman–Crippen LogP) is 1.89. The van der Waals surface area contributed by atoms with Crippen LogP contribution in [-0.2, 0) is 0 Å². The number of Topliss-reactive ketones (excluding diaryl/α,β-unsaturated/α-hetero) is 1. The standard InChI is InChI=1S/C11H11NO3/c1-15-10-6-2-4-8(11(10)14)9(13)5-3-7-12/h2,4,6,14H,3,5H2,1H3. The number of hydrogen-bond donors (Lipinski definition) is 1. The Kier molecular flexibility index (Phi) is 3.69. The molecule has 78 valence electrons. The number of phenolic OH excluding ortho intramolecular Hbond substituents is 1. The SMILES string of the molecule is COc1cccc(C(=O)CCC#N)c1O. The van der Waals surface area contributed by atoms with Gasteiger partial charge in [-0.05, 0) is 12.1 Å². The Morgan fingerprint density at radius 2 is 2.33 bits per heavy atom. The van der Waals surface area contributed by atoms with Gasteiger partial charge < -0.3 is 9.84 Å². The van der Waals surface area contributed by atoms with E-state index >= 15 is 0 Å². The summed E-state index contributed by atoms with van der Waals surface area (Å²) in [6.07, 6.45) is 0.257. The highest BCUT2D eigenvalue weighted by Gasteiger charge is 2.13. The van der Waals surface area contributed by atoms with E-state index < -0.39 is 0 Å². The van der Waals surface area contributed by atoms with Crippen LogP contribution >= 0.6 is 0 Å². The molecule has 4 heteroatoms. The van der Waals surface area contributed by atoms with Crippen molar-refractivity contribution in [1.29, 1.82) is 5.26 Å². The molecule has 0 unspecified atom stereocenters. The number of rotatable bonds is 4. The van der Waals surface area contributed by atoms with Crippen LogP contribution in [0, 0.1) is 11.3 Å². The van der Waals surface area contributed by atoms with Gasteiger partial charge >= 0.3 is 0 Å². The van der Waals surface area contributed by atoms with Crippen LogP contribution in [0.3, 0.4) is 0 Å². The summed E-state index contributed by atoms with van der Waals surface area (Å²) in [4.78, 5) is 11.5. The predicted molar refractivity (Wildman–Crippen MR) is 53.8 cm³/mol. The number of aromatic hydroxyl groups is 1. The molecule has 0 fully saturated rings. The van der Waals surface area contributed by atoms with Gasteiger partial charge in [-0.3, -0.25) is 4.79 Å². The number of carbonyl (C=O) groups excluding carboxylic acids is 1. The Bertz CT molecular complexity index is 407. The van der Waals surface area contributed by atoms with Gasteiger partial charge in [-0.1, -0.05) is 6.07 Å². The zero-order valence-electron chi connectivity index (χ0n) is 8.36. The van der Waals surface area contributed by atoms with Gasteiger partial charge in [0.2, 0.25) is 0 Å². The number of benzene rings is 1. The Labute approximate surface area is 87.7 Å². The van der Waals surface area contributed by atoms with E-state index in [-0.39, 0.29) is 35.7 Å². The van der Waals surface area contributed by atoms with E-state index in [2.05, 4.69) is 0 Å². The van der Waals surface area contributed by atoms with Crippen molar-refractivity contribution >= 4 is 5.78 Å². The molecule has 0 saturated carbocycles. The molecule has 1 aromatic carbocycles. The highest BCUT2D eigenvalue weighted by molar-refractivity contribution is 5.99. The van der Waals surface area contributed by atoms with E-state index in [9.17, 15) is 9.90 Å². The van der Waals surface area contributed by atoms with Crippen LogP contribution in [0.15, 0.2) is 18.2 Å². The maximum atomic E-state index is 11.5. The number of ether oxygens (including phenoxy) is 1. The van der Waals surface area contributed by atoms with Crippen LogP contribution in [0.2, 0.25) is 0 Å². The van der Waals surface area contributed by atoms with E-state index in [1.54, 1.807) is 12.1 Å². The third-order valence-corrected chi connectivity index (χ3v) is 1.98. The van der Waals surface area contributed by atoms with Gasteiger partial charge in [-0.15, -0.1) is 0 Å². The highest BCUT2D eigenvalue weighted by Crippen LogP contribution is 2.30. The Morgan fingerprint density at radius 1 is 1.60 bits per heavy atom. The summed E-state index contributed by atoms with van der Waals surface area (Å²) >= 11 is 0. The first-order chi connectivity index (χ1) is 7.20. The first-order valence-electron chi connectivity index (χ1n) is 4.46. The maximum absolute atomic E-state index is 11.5. The molecule has 0 spiro atoms. The topological polar surface area (TPSA) is 70.3 Å². The lowest BCUT2D eigenvalue weighted by Gasteiger charge is -2.06. The van der Waals surface area contributed by atoms with E-state index in [1.807, 2.05) is 6.07 Å². The normalized spacial score (nSPS) is 9.33. The molecular weight excluding hydrogens is 194 g/mol. The van der Waals surface area contributed by atoms with Crippen LogP contribution in [0.25, 0.3) is 0 Å². The quantitative estimate of drug-likeness (QED) is 0.762. The second-order valence-electron chi connectivity index (χ2n) is 2.94. The molecule has 4 nitrogen and oxygen atoms in total. The van der Waals surface area contributed by atoms with E-state index in [0.717, 1.165) is 0 Å². The van der Waals surface area contributed by atoms with Crippen LogP contribution < -0.4 is 4.74 Å². The minimum Gasteiger partial charge on any atom is -0.504 e. The molecule has 0 amide bonds. The number of carbonyl (C=O) groups is 1. The second-order valence-corrected chi connectivity index (χ2v) is 2.94. The smallest absolute Gasteiger partial charge is 0.168 e. The summed E-state index contributed by atoms with van der Waals surface area (Å²) in [5.41, 5.74) is 0.199. The summed E-state index contributed by atoms with van der Waals surface area (Å²) in [6.45, 7) is 0. The molecule has 0 aliphatic rings. The van der Waals surface area contributed by atoms with Crippen molar-refractivity contribution in [3.8, 4) is 17.6 Å². The van der Waals surface area contributed by atoms with Crippen molar-refractivity contribution in [2.45, 2.75) is 12.8 Å². The van der Waals surface area contributed by atoms with Crippen LogP contribution in [0.4, 0.5) is 0 Å². The fourth-order valence-corrected chi connectivity index (χ4v) is 1.22. The summed E-state index contributed by atoms with van der Waals surface area (Å²) in [7, 11) is 1.42. The highest BCUT2D eigenvalue weighted by atomic mass is 16.5. The van der Waals surface area contributed by atoms with Gasteiger partial charge in [0, 0.05) is 12.8 Å². The van der Waals surface area contributed by atoms with Gasteiger partial charge in [0.25, 0.3) is 0 Å². The van der Waals surface area contributed by atoms with Crippen LogP contribution in [0.5, 0.6) is 11.5 Å². The molecule has 0 radical (unpaired) electrons. The van der Waals surface area contributed by atoms with E-state index in [0.29, 0.717) is 0 Å². The molecule has 0 aliphatic heterocycles. The monoisotopic (exact) mass is 205 g/mol. The fourth-order valence-electron chi connectivity index (χ4n) is 1.22. The summed E-state index contributed by atoms with van der Waals surface area (Å²) in [6, 6.07) is 6.58. The lowest BCUT2D eigenvalue weighted by Crippen LogP contribution is -1.99. The minimum atomic E-state index is -0.257. The average molecular weight is 205 g/mol. The van der Waals surface area contributed by atoms with E-state index in [4.69, 9.17) is 10.00 Å². The molecule has 0 aliphatic carbocycles. The van der Waals surface area contributed by atoms with Crippen molar-refractivity contribution < 1.29 is 14.6 Å². The molecule has 1 N–H and O–H groups in total. The minimum absolute atomic E-state index is 0.108. The van der Waals surface area contributed by atoms with Crippen LogP contribution in [0.1, 0.15) is 23.2 Å². The van der Waals surface area contributed by atoms with Gasteiger partial charge in [-0.2, -0.15) is 5.26 Å². The third kappa shape index (κ3) is 2.47. The molecule has 15 heavy (non-hydrogen) atoms. The number of hydrogen-bond acceptors (Lipinski definition) is 4. The van der Waals surface area contributed by atoms with E-state index in [1.165, 1.54) is 13.2 Å². The largest absolute Gasteiger partial charge is 0.504 e. The Morgan fingerprint density at radius 3 is 2.93 bits per heavy atom. The molecule has 0 aromatic heterocycles. The van der Waals surface area contributed by atoms with Gasteiger partial charge in [0.1, 0.15) is 0 Å². The zero-order chi connectivity index (χ0) is 11.3. The maximum Gasteiger partial charge on any atom is 0.168 e. The van der Waals surface area contributed by atoms with Crippen molar-refractivity contribution in [3.63, 3.8) is 0 Å².